The Balaban J connectivity index is 2.95. The first-order chi connectivity index (χ1) is 8.09. The van der Waals surface area contributed by atoms with E-state index in [1.807, 2.05) is 13.8 Å². The summed E-state index contributed by atoms with van der Waals surface area (Å²) in [7, 11) is 0. The number of nitrogens with one attached hydrogen (secondary N) is 1. The standard InChI is InChI=1S/C12H19ClN2O2/c1-3-12(4-2)11(17)15(8-5-7-13)9-6-10(16)14-12/h5,7H,3-4,6,8-9H2,1-2H3,(H,14,16)/b7-5+. The van der Waals surface area contributed by atoms with Crippen molar-refractivity contribution < 1.29 is 9.59 Å². The van der Waals surface area contributed by atoms with E-state index in [9.17, 15) is 9.59 Å². The summed E-state index contributed by atoms with van der Waals surface area (Å²) < 4.78 is 0. The van der Waals surface area contributed by atoms with Gasteiger partial charge in [0.1, 0.15) is 5.54 Å². The molecule has 2 amide bonds. The Labute approximate surface area is 107 Å². The molecule has 1 saturated heterocycles. The molecular weight excluding hydrogens is 240 g/mol. The number of amides is 2. The van der Waals surface area contributed by atoms with Crippen molar-refractivity contribution in [3.63, 3.8) is 0 Å². The van der Waals surface area contributed by atoms with E-state index in [-0.39, 0.29) is 11.8 Å². The first-order valence-electron chi connectivity index (χ1n) is 5.95. The van der Waals surface area contributed by atoms with E-state index < -0.39 is 5.54 Å². The average Bonchev–Trinajstić information content (AvgIpc) is 2.46. The molecule has 1 aliphatic heterocycles. The number of carbonyl (C=O) groups excluding carboxylic acids is 2. The quantitative estimate of drug-likeness (QED) is 0.834. The molecule has 0 radical (unpaired) electrons. The van der Waals surface area contributed by atoms with Gasteiger partial charge in [0.05, 0.1) is 0 Å². The molecule has 0 aromatic rings. The maximum absolute atomic E-state index is 12.4. The predicted octanol–water partition coefficient (Wildman–Crippen LogP) is 1.65. The van der Waals surface area contributed by atoms with E-state index in [0.717, 1.165) is 0 Å². The average molecular weight is 259 g/mol. The minimum absolute atomic E-state index is 0.0110. The molecule has 1 fully saturated rings. The summed E-state index contributed by atoms with van der Waals surface area (Å²) in [5.41, 5.74) is 0.654. The third kappa shape index (κ3) is 3.00. The SMILES string of the molecule is CCC1(CC)NC(=O)CCN(C/C=C/Cl)C1=O. The fourth-order valence-electron chi connectivity index (χ4n) is 2.09. The Morgan fingerprint density at radius 2 is 2.06 bits per heavy atom. The van der Waals surface area contributed by atoms with Crippen LogP contribution in [0.15, 0.2) is 11.6 Å². The minimum atomic E-state index is -0.742. The van der Waals surface area contributed by atoms with Crippen LogP contribution in [0.2, 0.25) is 0 Å². The zero-order valence-electron chi connectivity index (χ0n) is 10.3. The first kappa shape index (κ1) is 14.0. The summed E-state index contributed by atoms with van der Waals surface area (Å²) in [6.45, 7) is 4.75. The normalized spacial score (nSPS) is 20.5. The molecule has 0 bridgehead atoms. The van der Waals surface area contributed by atoms with Gasteiger partial charge in [0.25, 0.3) is 0 Å². The van der Waals surface area contributed by atoms with E-state index >= 15 is 0 Å². The maximum Gasteiger partial charge on any atom is 0.248 e. The molecule has 0 saturated carbocycles. The van der Waals surface area contributed by atoms with Crippen molar-refractivity contribution in [2.45, 2.75) is 38.6 Å². The van der Waals surface area contributed by atoms with Crippen LogP contribution in [0.4, 0.5) is 0 Å². The van der Waals surface area contributed by atoms with Crippen molar-refractivity contribution in [3.05, 3.63) is 11.6 Å². The van der Waals surface area contributed by atoms with Crippen LogP contribution < -0.4 is 5.32 Å². The van der Waals surface area contributed by atoms with E-state index in [1.54, 1.807) is 11.0 Å². The third-order valence-electron chi connectivity index (χ3n) is 3.31. The van der Waals surface area contributed by atoms with E-state index in [0.29, 0.717) is 32.4 Å². The van der Waals surface area contributed by atoms with Gasteiger partial charge in [-0.3, -0.25) is 9.59 Å². The molecule has 1 heterocycles. The molecule has 0 aliphatic carbocycles. The second kappa shape index (κ2) is 6.05. The van der Waals surface area contributed by atoms with Crippen molar-refractivity contribution in [1.29, 1.82) is 0 Å². The molecule has 0 aromatic heterocycles. The highest BCUT2D eigenvalue weighted by atomic mass is 35.5. The molecule has 1 N–H and O–H groups in total. The van der Waals surface area contributed by atoms with Crippen molar-refractivity contribution in [2.75, 3.05) is 13.1 Å². The van der Waals surface area contributed by atoms with Crippen LogP contribution in [-0.4, -0.2) is 35.3 Å². The largest absolute Gasteiger partial charge is 0.342 e. The summed E-state index contributed by atoms with van der Waals surface area (Å²) in [4.78, 5) is 25.7. The molecule has 96 valence electrons. The van der Waals surface area contributed by atoms with Gasteiger partial charge in [-0.15, -0.1) is 0 Å². The van der Waals surface area contributed by atoms with Gasteiger partial charge < -0.3 is 10.2 Å². The lowest BCUT2D eigenvalue weighted by Gasteiger charge is -2.33. The Hall–Kier alpha value is -1.03. The fraction of sp³-hybridized carbons (Fsp3) is 0.667. The van der Waals surface area contributed by atoms with Crippen LogP contribution in [-0.2, 0) is 9.59 Å². The molecule has 0 unspecified atom stereocenters. The lowest BCUT2D eigenvalue weighted by molar-refractivity contribution is -0.138. The molecule has 1 rings (SSSR count). The second-order valence-corrected chi connectivity index (χ2v) is 4.45. The fourth-order valence-corrected chi connectivity index (χ4v) is 2.17. The molecule has 4 nitrogen and oxygen atoms in total. The number of halogens is 1. The maximum atomic E-state index is 12.4. The van der Waals surface area contributed by atoms with Crippen LogP contribution in [0.3, 0.4) is 0 Å². The Bertz CT molecular complexity index is 324. The Morgan fingerprint density at radius 3 is 2.59 bits per heavy atom. The predicted molar refractivity (Wildman–Crippen MR) is 67.6 cm³/mol. The smallest absolute Gasteiger partial charge is 0.248 e. The molecule has 0 spiro atoms. The molecule has 1 aliphatic rings. The summed E-state index contributed by atoms with van der Waals surface area (Å²) in [6.07, 6.45) is 3.28. The van der Waals surface area contributed by atoms with Crippen LogP contribution in [0.25, 0.3) is 0 Å². The highest BCUT2D eigenvalue weighted by molar-refractivity contribution is 6.25. The zero-order valence-corrected chi connectivity index (χ0v) is 11.1. The van der Waals surface area contributed by atoms with Crippen LogP contribution >= 0.6 is 11.6 Å². The Morgan fingerprint density at radius 1 is 1.41 bits per heavy atom. The molecular formula is C12H19ClN2O2. The third-order valence-corrected chi connectivity index (χ3v) is 3.48. The number of hydrogen-bond acceptors (Lipinski definition) is 2. The van der Waals surface area contributed by atoms with Crippen LogP contribution in [0, 0.1) is 0 Å². The molecule has 0 aromatic carbocycles. The monoisotopic (exact) mass is 258 g/mol. The highest BCUT2D eigenvalue weighted by Crippen LogP contribution is 2.21. The molecule has 17 heavy (non-hydrogen) atoms. The van der Waals surface area contributed by atoms with Gasteiger partial charge in [0, 0.05) is 25.0 Å². The lowest BCUT2D eigenvalue weighted by atomic mass is 9.91. The van der Waals surface area contributed by atoms with Crippen molar-refractivity contribution in [2.24, 2.45) is 0 Å². The van der Waals surface area contributed by atoms with Gasteiger partial charge in [0.2, 0.25) is 11.8 Å². The van der Waals surface area contributed by atoms with Gasteiger partial charge in [-0.05, 0) is 12.8 Å². The lowest BCUT2D eigenvalue weighted by Crippen LogP contribution is -2.56. The van der Waals surface area contributed by atoms with Gasteiger partial charge in [-0.2, -0.15) is 0 Å². The highest BCUT2D eigenvalue weighted by Gasteiger charge is 2.41. The number of nitrogens with zero attached hydrogens (tertiary/aromatic N) is 1. The summed E-state index contributed by atoms with van der Waals surface area (Å²) in [5, 5.41) is 2.86. The van der Waals surface area contributed by atoms with E-state index in [4.69, 9.17) is 11.6 Å². The van der Waals surface area contributed by atoms with E-state index in [2.05, 4.69) is 5.32 Å². The number of carbonyl (C=O) groups is 2. The van der Waals surface area contributed by atoms with Gasteiger partial charge in [-0.25, -0.2) is 0 Å². The zero-order chi connectivity index (χ0) is 12.9. The van der Waals surface area contributed by atoms with Crippen molar-refractivity contribution in [1.82, 2.24) is 10.2 Å². The van der Waals surface area contributed by atoms with Crippen molar-refractivity contribution in [3.8, 4) is 0 Å². The number of hydrogen-bond donors (Lipinski definition) is 1. The Kier molecular flexibility index (Phi) is 5.00. The van der Waals surface area contributed by atoms with Crippen LogP contribution in [0.5, 0.6) is 0 Å². The van der Waals surface area contributed by atoms with Gasteiger partial charge in [-0.1, -0.05) is 31.5 Å². The summed E-state index contributed by atoms with van der Waals surface area (Å²) >= 11 is 5.48. The summed E-state index contributed by atoms with van der Waals surface area (Å²) in [5.74, 6) is -0.0671. The second-order valence-electron chi connectivity index (χ2n) is 4.20. The van der Waals surface area contributed by atoms with E-state index in [1.165, 1.54) is 5.54 Å². The van der Waals surface area contributed by atoms with Crippen molar-refractivity contribution >= 4 is 23.4 Å². The van der Waals surface area contributed by atoms with Gasteiger partial charge >= 0.3 is 0 Å². The summed E-state index contributed by atoms with van der Waals surface area (Å²) in [6, 6.07) is 0. The molecule has 5 heteroatoms. The van der Waals surface area contributed by atoms with Gasteiger partial charge in [0.15, 0.2) is 0 Å². The number of rotatable bonds is 4. The molecule has 0 atom stereocenters. The minimum Gasteiger partial charge on any atom is -0.342 e. The first-order valence-corrected chi connectivity index (χ1v) is 6.39. The van der Waals surface area contributed by atoms with Crippen LogP contribution in [0.1, 0.15) is 33.1 Å². The topological polar surface area (TPSA) is 49.4 Å².